The molecule has 0 heterocycles. The average Bonchev–Trinajstić information content (AvgIpc) is 2.15. The van der Waals surface area contributed by atoms with Crippen molar-refractivity contribution in [2.45, 2.75) is 25.5 Å². The maximum atomic E-state index is 5.89. The standard InChI is InChI=1S/C10H24ClNO2Si/c1-5-14-15-10(2,6-7-11)13-9-8-12(3)4/h5-9,15H2,1-4H3. The number of hydrogen-bond acceptors (Lipinski definition) is 3. The van der Waals surface area contributed by atoms with Crippen LogP contribution in [0.5, 0.6) is 0 Å². The fourth-order valence-electron chi connectivity index (χ4n) is 1.18. The van der Waals surface area contributed by atoms with Gasteiger partial charge in [0.1, 0.15) is 0 Å². The van der Waals surface area contributed by atoms with Gasteiger partial charge in [0.05, 0.1) is 11.8 Å². The Balaban J connectivity index is 3.89. The molecular formula is C10H24ClNO2Si. The van der Waals surface area contributed by atoms with Gasteiger partial charge in [0, 0.05) is 19.0 Å². The normalized spacial score (nSPS) is 16.4. The Morgan fingerprint density at radius 1 is 1.40 bits per heavy atom. The van der Waals surface area contributed by atoms with Crippen molar-refractivity contribution in [1.82, 2.24) is 4.90 Å². The van der Waals surface area contributed by atoms with Crippen LogP contribution in [0.25, 0.3) is 0 Å². The molecule has 1 unspecified atom stereocenters. The van der Waals surface area contributed by atoms with Crippen LogP contribution in [0.15, 0.2) is 0 Å². The molecule has 0 N–H and O–H groups in total. The average molecular weight is 254 g/mol. The first kappa shape index (κ1) is 15.4. The molecule has 0 rings (SSSR count). The van der Waals surface area contributed by atoms with Crippen molar-refractivity contribution in [1.29, 1.82) is 0 Å². The molecule has 0 aliphatic carbocycles. The highest BCUT2D eigenvalue weighted by molar-refractivity contribution is 6.32. The van der Waals surface area contributed by atoms with Crippen LogP contribution in [-0.2, 0) is 9.16 Å². The molecule has 0 aliphatic heterocycles. The van der Waals surface area contributed by atoms with Crippen molar-refractivity contribution in [3.8, 4) is 0 Å². The maximum Gasteiger partial charge on any atom is 0.193 e. The van der Waals surface area contributed by atoms with Crippen molar-refractivity contribution in [3.63, 3.8) is 0 Å². The van der Waals surface area contributed by atoms with E-state index in [0.717, 1.165) is 26.2 Å². The van der Waals surface area contributed by atoms with E-state index in [9.17, 15) is 0 Å². The Hall–Kier alpha value is 0.387. The molecule has 1 atom stereocenters. The van der Waals surface area contributed by atoms with E-state index in [-0.39, 0.29) is 5.22 Å². The fraction of sp³-hybridized carbons (Fsp3) is 1.00. The van der Waals surface area contributed by atoms with Crippen molar-refractivity contribution < 1.29 is 9.16 Å². The van der Waals surface area contributed by atoms with Crippen LogP contribution in [0.4, 0.5) is 0 Å². The lowest BCUT2D eigenvalue weighted by Gasteiger charge is -2.29. The third-order valence-electron chi connectivity index (χ3n) is 2.22. The zero-order valence-corrected chi connectivity index (χ0v) is 12.6. The zero-order chi connectivity index (χ0) is 11.7. The summed E-state index contributed by atoms with van der Waals surface area (Å²) < 4.78 is 11.4. The largest absolute Gasteiger partial charge is 0.421 e. The second kappa shape index (κ2) is 8.53. The minimum Gasteiger partial charge on any atom is -0.421 e. The Morgan fingerprint density at radius 3 is 2.53 bits per heavy atom. The molecule has 0 saturated heterocycles. The van der Waals surface area contributed by atoms with Gasteiger partial charge in [-0.15, -0.1) is 11.6 Å². The summed E-state index contributed by atoms with van der Waals surface area (Å²) >= 11 is 5.78. The Bertz CT molecular complexity index is 160. The predicted molar refractivity (Wildman–Crippen MR) is 68.4 cm³/mol. The van der Waals surface area contributed by atoms with E-state index in [0.29, 0.717) is 5.88 Å². The van der Waals surface area contributed by atoms with Crippen LogP contribution >= 0.6 is 11.6 Å². The quantitative estimate of drug-likeness (QED) is 0.453. The van der Waals surface area contributed by atoms with E-state index in [1.165, 1.54) is 0 Å². The summed E-state index contributed by atoms with van der Waals surface area (Å²) in [4.78, 5) is 2.11. The van der Waals surface area contributed by atoms with Crippen LogP contribution in [0.3, 0.4) is 0 Å². The summed E-state index contributed by atoms with van der Waals surface area (Å²) in [7, 11) is 3.44. The van der Waals surface area contributed by atoms with E-state index in [1.807, 2.05) is 21.0 Å². The van der Waals surface area contributed by atoms with Gasteiger partial charge >= 0.3 is 0 Å². The van der Waals surface area contributed by atoms with E-state index in [1.54, 1.807) is 0 Å². The molecule has 0 saturated carbocycles. The molecule has 0 aromatic carbocycles. The first-order valence-corrected chi connectivity index (χ1v) is 7.28. The summed E-state index contributed by atoms with van der Waals surface area (Å²) in [5, 5.41) is -0.103. The van der Waals surface area contributed by atoms with Crippen molar-refractivity contribution in [2.24, 2.45) is 0 Å². The van der Waals surface area contributed by atoms with Gasteiger partial charge in [0.2, 0.25) is 0 Å². The van der Waals surface area contributed by atoms with Crippen molar-refractivity contribution >= 4 is 21.4 Å². The van der Waals surface area contributed by atoms with Gasteiger partial charge in [-0.2, -0.15) is 0 Å². The number of alkyl halides is 1. The monoisotopic (exact) mass is 253 g/mol. The highest BCUT2D eigenvalue weighted by Crippen LogP contribution is 2.15. The summed E-state index contributed by atoms with van der Waals surface area (Å²) in [5.74, 6) is 0.637. The molecule has 15 heavy (non-hydrogen) atoms. The molecule has 0 aliphatic rings. The van der Waals surface area contributed by atoms with Gasteiger partial charge in [-0.3, -0.25) is 0 Å². The van der Waals surface area contributed by atoms with Gasteiger partial charge < -0.3 is 14.1 Å². The number of likely N-dealkylation sites (N-methyl/N-ethyl adjacent to an activating group) is 1. The molecule has 0 amide bonds. The van der Waals surface area contributed by atoms with Crippen LogP contribution in [0.2, 0.25) is 0 Å². The van der Waals surface area contributed by atoms with E-state index in [2.05, 4.69) is 11.8 Å². The van der Waals surface area contributed by atoms with Crippen LogP contribution in [0, 0.1) is 0 Å². The molecule has 92 valence electrons. The molecule has 0 bridgehead atoms. The van der Waals surface area contributed by atoms with Crippen LogP contribution in [-0.4, -0.2) is 59.6 Å². The smallest absolute Gasteiger partial charge is 0.193 e. The summed E-state index contributed by atoms with van der Waals surface area (Å²) in [6.45, 7) is 6.61. The van der Waals surface area contributed by atoms with Gasteiger partial charge in [-0.1, -0.05) is 0 Å². The topological polar surface area (TPSA) is 21.7 Å². The Labute approximate surface area is 101 Å². The van der Waals surface area contributed by atoms with Gasteiger partial charge in [-0.05, 0) is 34.4 Å². The number of ether oxygens (including phenoxy) is 1. The lowest BCUT2D eigenvalue weighted by molar-refractivity contribution is 0.00973. The molecule has 0 aromatic heterocycles. The fourth-order valence-corrected chi connectivity index (χ4v) is 2.99. The molecule has 5 heteroatoms. The summed E-state index contributed by atoms with van der Waals surface area (Å²) in [5.41, 5.74) is 0. The highest BCUT2D eigenvalue weighted by atomic mass is 35.5. The molecular weight excluding hydrogens is 230 g/mol. The number of nitrogens with zero attached hydrogens (tertiary/aromatic N) is 1. The van der Waals surface area contributed by atoms with Gasteiger partial charge in [0.15, 0.2) is 9.76 Å². The molecule has 0 radical (unpaired) electrons. The van der Waals surface area contributed by atoms with Gasteiger partial charge in [-0.25, -0.2) is 0 Å². The van der Waals surface area contributed by atoms with Crippen LogP contribution < -0.4 is 0 Å². The third-order valence-corrected chi connectivity index (χ3v) is 4.19. The minimum absolute atomic E-state index is 0.103. The first-order chi connectivity index (χ1) is 7.04. The summed E-state index contributed by atoms with van der Waals surface area (Å²) in [6.07, 6.45) is 0.883. The number of rotatable bonds is 9. The Morgan fingerprint density at radius 2 is 2.07 bits per heavy atom. The lowest BCUT2D eigenvalue weighted by atomic mass is 10.3. The second-order valence-corrected chi connectivity index (χ2v) is 6.75. The van der Waals surface area contributed by atoms with Crippen molar-refractivity contribution in [3.05, 3.63) is 0 Å². The van der Waals surface area contributed by atoms with E-state index < -0.39 is 9.76 Å². The summed E-state index contributed by atoms with van der Waals surface area (Å²) in [6, 6.07) is 0. The molecule has 0 spiro atoms. The van der Waals surface area contributed by atoms with E-state index in [4.69, 9.17) is 20.8 Å². The molecule has 0 aromatic rings. The zero-order valence-electron chi connectivity index (χ0n) is 10.4. The third kappa shape index (κ3) is 8.22. The highest BCUT2D eigenvalue weighted by Gasteiger charge is 2.25. The minimum atomic E-state index is -0.652. The van der Waals surface area contributed by atoms with Gasteiger partial charge in [0.25, 0.3) is 0 Å². The first-order valence-electron chi connectivity index (χ1n) is 5.46. The lowest BCUT2D eigenvalue weighted by Crippen LogP contribution is -2.40. The van der Waals surface area contributed by atoms with Crippen LogP contribution in [0.1, 0.15) is 20.3 Å². The van der Waals surface area contributed by atoms with E-state index >= 15 is 0 Å². The molecule has 0 fully saturated rings. The maximum absolute atomic E-state index is 5.89. The number of halogens is 1. The van der Waals surface area contributed by atoms with Crippen molar-refractivity contribution in [2.75, 3.05) is 39.7 Å². The molecule has 3 nitrogen and oxygen atoms in total. The predicted octanol–water partition coefficient (Wildman–Crippen LogP) is 1.03. The second-order valence-electron chi connectivity index (χ2n) is 4.18. The Kier molecular flexibility index (Phi) is 8.75. The number of hydrogen-bond donors (Lipinski definition) is 0. The SMILES string of the molecule is CCO[SiH2]C(C)(CCCl)OCCN(C)C.